The van der Waals surface area contributed by atoms with Crippen LogP contribution in [0.15, 0.2) is 24.3 Å². The van der Waals surface area contributed by atoms with Gasteiger partial charge < -0.3 is 19.9 Å². The Hall–Kier alpha value is -1.75. The highest BCUT2D eigenvalue weighted by molar-refractivity contribution is 5.81. The van der Waals surface area contributed by atoms with Gasteiger partial charge in [0.25, 0.3) is 5.91 Å². The fourth-order valence-corrected chi connectivity index (χ4v) is 1.51. The highest BCUT2D eigenvalue weighted by Gasteiger charge is 2.17. The van der Waals surface area contributed by atoms with E-state index in [-0.39, 0.29) is 18.6 Å². The Morgan fingerprint density at radius 1 is 1.32 bits per heavy atom. The van der Waals surface area contributed by atoms with Gasteiger partial charge in [-0.3, -0.25) is 4.79 Å². The van der Waals surface area contributed by atoms with Crippen LogP contribution in [-0.4, -0.2) is 36.9 Å². The second-order valence-corrected chi connectivity index (χ2v) is 4.23. The van der Waals surface area contributed by atoms with E-state index in [0.29, 0.717) is 12.2 Å². The van der Waals surface area contributed by atoms with Crippen molar-refractivity contribution in [1.29, 1.82) is 0 Å². The molecule has 1 rings (SSSR count). The molecule has 0 aliphatic carbocycles. The molecule has 19 heavy (non-hydrogen) atoms. The van der Waals surface area contributed by atoms with Crippen molar-refractivity contribution in [3.05, 3.63) is 24.3 Å². The van der Waals surface area contributed by atoms with Crippen LogP contribution in [0.2, 0.25) is 0 Å². The molecule has 1 aromatic carbocycles. The molecule has 0 spiro atoms. The third-order valence-corrected chi connectivity index (χ3v) is 2.80. The highest BCUT2D eigenvalue weighted by Crippen LogP contribution is 2.18. The van der Waals surface area contributed by atoms with Gasteiger partial charge in [-0.05, 0) is 37.6 Å². The molecule has 0 saturated carbocycles. The van der Waals surface area contributed by atoms with E-state index in [0.717, 1.165) is 5.75 Å². The van der Waals surface area contributed by atoms with Crippen LogP contribution in [0.25, 0.3) is 0 Å². The zero-order chi connectivity index (χ0) is 14.3. The van der Waals surface area contributed by atoms with Gasteiger partial charge in [0.2, 0.25) is 0 Å². The molecule has 1 aromatic rings. The maximum atomic E-state index is 11.8. The zero-order valence-electron chi connectivity index (χ0n) is 11.6. The lowest BCUT2D eigenvalue weighted by Crippen LogP contribution is -2.43. The first kappa shape index (κ1) is 15.3. The van der Waals surface area contributed by atoms with E-state index < -0.39 is 6.10 Å². The fraction of sp³-hybridized carbons (Fsp3) is 0.500. The van der Waals surface area contributed by atoms with Gasteiger partial charge in [0.15, 0.2) is 6.10 Å². The average molecular weight is 267 g/mol. The van der Waals surface area contributed by atoms with Crippen molar-refractivity contribution in [2.24, 2.45) is 0 Å². The number of hydrogen-bond acceptors (Lipinski definition) is 4. The highest BCUT2D eigenvalue weighted by atomic mass is 16.5. The summed E-state index contributed by atoms with van der Waals surface area (Å²) in [6.45, 7) is 3.50. The lowest BCUT2D eigenvalue weighted by atomic mass is 10.2. The summed E-state index contributed by atoms with van der Waals surface area (Å²) in [6, 6.07) is 6.79. The molecule has 0 radical (unpaired) electrons. The van der Waals surface area contributed by atoms with Crippen molar-refractivity contribution in [3.63, 3.8) is 0 Å². The standard InChI is InChI=1S/C14H21NO4/c1-4-11(9-16)15-14(17)10(2)19-13-7-5-12(18-3)6-8-13/h5-8,10-11,16H,4,9H2,1-3H3,(H,15,17)/t10?,11-/m1/s1. The minimum Gasteiger partial charge on any atom is -0.497 e. The van der Waals surface area contributed by atoms with Crippen LogP contribution in [-0.2, 0) is 4.79 Å². The van der Waals surface area contributed by atoms with Crippen molar-refractivity contribution >= 4 is 5.91 Å². The molecule has 5 heteroatoms. The number of hydrogen-bond donors (Lipinski definition) is 2. The molecule has 0 bridgehead atoms. The van der Waals surface area contributed by atoms with Crippen molar-refractivity contribution in [2.45, 2.75) is 32.4 Å². The Bertz CT molecular complexity index is 387. The number of aliphatic hydroxyl groups excluding tert-OH is 1. The second-order valence-electron chi connectivity index (χ2n) is 4.23. The fourth-order valence-electron chi connectivity index (χ4n) is 1.51. The maximum absolute atomic E-state index is 11.8. The Labute approximate surface area is 113 Å². The minimum atomic E-state index is -0.617. The molecule has 0 saturated heterocycles. The molecular weight excluding hydrogens is 246 g/mol. The molecule has 0 aromatic heterocycles. The number of nitrogens with one attached hydrogen (secondary N) is 1. The molecule has 0 fully saturated rings. The number of ether oxygens (including phenoxy) is 2. The Balaban J connectivity index is 2.53. The molecule has 1 unspecified atom stereocenters. The van der Waals surface area contributed by atoms with Gasteiger partial charge in [0, 0.05) is 0 Å². The molecule has 5 nitrogen and oxygen atoms in total. The first-order valence-electron chi connectivity index (χ1n) is 6.32. The van der Waals surface area contributed by atoms with Crippen LogP contribution in [0.5, 0.6) is 11.5 Å². The number of carbonyl (C=O) groups excluding carboxylic acids is 1. The van der Waals surface area contributed by atoms with E-state index in [9.17, 15) is 4.79 Å². The van der Waals surface area contributed by atoms with Gasteiger partial charge in [-0.25, -0.2) is 0 Å². The molecule has 2 N–H and O–H groups in total. The van der Waals surface area contributed by atoms with Crippen LogP contribution in [0.3, 0.4) is 0 Å². The average Bonchev–Trinajstić information content (AvgIpc) is 2.45. The number of methoxy groups -OCH3 is 1. The van der Waals surface area contributed by atoms with Crippen molar-refractivity contribution in [1.82, 2.24) is 5.32 Å². The number of benzene rings is 1. The molecule has 0 aliphatic rings. The molecule has 0 heterocycles. The van der Waals surface area contributed by atoms with E-state index in [1.54, 1.807) is 38.3 Å². The molecular formula is C14H21NO4. The van der Waals surface area contributed by atoms with Gasteiger partial charge in [-0.15, -0.1) is 0 Å². The monoisotopic (exact) mass is 267 g/mol. The second kappa shape index (κ2) is 7.63. The largest absolute Gasteiger partial charge is 0.497 e. The van der Waals surface area contributed by atoms with Crippen LogP contribution in [0, 0.1) is 0 Å². The molecule has 1 amide bonds. The summed E-state index contributed by atoms with van der Waals surface area (Å²) < 4.78 is 10.6. The van der Waals surface area contributed by atoms with Crippen LogP contribution < -0.4 is 14.8 Å². The number of amides is 1. The van der Waals surface area contributed by atoms with E-state index in [1.807, 2.05) is 6.92 Å². The Morgan fingerprint density at radius 3 is 2.37 bits per heavy atom. The normalized spacial score (nSPS) is 13.5. The third-order valence-electron chi connectivity index (χ3n) is 2.80. The van der Waals surface area contributed by atoms with Crippen LogP contribution in [0.4, 0.5) is 0 Å². The first-order chi connectivity index (χ1) is 9.10. The van der Waals surface area contributed by atoms with Gasteiger partial charge in [-0.1, -0.05) is 6.92 Å². The summed E-state index contributed by atoms with van der Waals surface area (Å²) >= 11 is 0. The topological polar surface area (TPSA) is 67.8 Å². The van der Waals surface area contributed by atoms with Crippen LogP contribution >= 0.6 is 0 Å². The first-order valence-corrected chi connectivity index (χ1v) is 6.32. The van der Waals surface area contributed by atoms with E-state index in [1.165, 1.54) is 0 Å². The Kier molecular flexibility index (Phi) is 6.15. The van der Waals surface area contributed by atoms with Gasteiger partial charge in [-0.2, -0.15) is 0 Å². The van der Waals surface area contributed by atoms with E-state index >= 15 is 0 Å². The van der Waals surface area contributed by atoms with Crippen LogP contribution in [0.1, 0.15) is 20.3 Å². The van der Waals surface area contributed by atoms with Crippen molar-refractivity contribution in [2.75, 3.05) is 13.7 Å². The predicted molar refractivity (Wildman–Crippen MR) is 72.4 cm³/mol. The lowest BCUT2D eigenvalue weighted by Gasteiger charge is -2.19. The zero-order valence-corrected chi connectivity index (χ0v) is 11.6. The quantitative estimate of drug-likeness (QED) is 0.782. The van der Waals surface area contributed by atoms with Crippen molar-refractivity contribution < 1.29 is 19.4 Å². The van der Waals surface area contributed by atoms with E-state index in [2.05, 4.69) is 5.32 Å². The molecule has 2 atom stereocenters. The Morgan fingerprint density at radius 2 is 1.89 bits per heavy atom. The predicted octanol–water partition coefficient (Wildman–Crippen LogP) is 1.35. The smallest absolute Gasteiger partial charge is 0.261 e. The van der Waals surface area contributed by atoms with Crippen molar-refractivity contribution in [3.8, 4) is 11.5 Å². The summed E-state index contributed by atoms with van der Waals surface area (Å²) in [7, 11) is 1.59. The number of aliphatic hydroxyl groups is 1. The number of carbonyl (C=O) groups is 1. The third kappa shape index (κ3) is 4.79. The summed E-state index contributed by atoms with van der Waals surface area (Å²) in [5.41, 5.74) is 0. The van der Waals surface area contributed by atoms with Gasteiger partial charge in [0.1, 0.15) is 11.5 Å². The lowest BCUT2D eigenvalue weighted by molar-refractivity contribution is -0.128. The van der Waals surface area contributed by atoms with Gasteiger partial charge in [0.05, 0.1) is 19.8 Å². The number of rotatable bonds is 7. The maximum Gasteiger partial charge on any atom is 0.261 e. The SMILES string of the molecule is CC[C@H](CO)NC(=O)C(C)Oc1ccc(OC)cc1. The minimum absolute atomic E-state index is 0.0719. The molecule has 0 aliphatic heterocycles. The summed E-state index contributed by atoms with van der Waals surface area (Å²) in [6.07, 6.45) is 0.0614. The van der Waals surface area contributed by atoms with Gasteiger partial charge >= 0.3 is 0 Å². The summed E-state index contributed by atoms with van der Waals surface area (Å²) in [5.74, 6) is 1.09. The summed E-state index contributed by atoms with van der Waals surface area (Å²) in [5, 5.41) is 11.8. The van der Waals surface area contributed by atoms with E-state index in [4.69, 9.17) is 14.6 Å². The molecule has 106 valence electrons. The summed E-state index contributed by atoms with van der Waals surface area (Å²) in [4.78, 5) is 11.8.